The van der Waals surface area contributed by atoms with Crippen LogP contribution in [0.2, 0.25) is 0 Å². The minimum absolute atomic E-state index is 0.159. The van der Waals surface area contributed by atoms with E-state index >= 15 is 0 Å². The molecule has 104 valence electrons. The Balaban J connectivity index is 2.27. The summed E-state index contributed by atoms with van der Waals surface area (Å²) in [5.41, 5.74) is 0.163. The van der Waals surface area contributed by atoms with Crippen LogP contribution in [-0.2, 0) is 0 Å². The number of piperidine rings is 1. The van der Waals surface area contributed by atoms with Crippen molar-refractivity contribution in [1.29, 1.82) is 0 Å². The van der Waals surface area contributed by atoms with Crippen LogP contribution in [0.1, 0.15) is 37.6 Å². The molecule has 0 saturated carbocycles. The molecule has 0 bridgehead atoms. The number of benzene rings is 1. The van der Waals surface area contributed by atoms with Gasteiger partial charge in [-0.3, -0.25) is 4.79 Å². The van der Waals surface area contributed by atoms with Crippen LogP contribution in [0.4, 0.5) is 4.39 Å². The Kier molecular flexibility index (Phi) is 4.29. The highest BCUT2D eigenvalue weighted by molar-refractivity contribution is 9.10. The number of amides is 1. The van der Waals surface area contributed by atoms with Gasteiger partial charge in [0.2, 0.25) is 0 Å². The molecule has 0 N–H and O–H groups in total. The van der Waals surface area contributed by atoms with E-state index in [9.17, 15) is 9.18 Å². The smallest absolute Gasteiger partial charge is 0.257 e. The molecule has 2 rings (SSSR count). The summed E-state index contributed by atoms with van der Waals surface area (Å²) in [7, 11) is 0. The molecule has 3 atom stereocenters. The summed E-state index contributed by atoms with van der Waals surface area (Å²) in [5, 5.41) is 0. The van der Waals surface area contributed by atoms with E-state index in [1.807, 2.05) is 11.8 Å². The lowest BCUT2D eigenvalue weighted by Crippen LogP contribution is -2.49. The third kappa shape index (κ3) is 2.99. The molecule has 1 heterocycles. The summed E-state index contributed by atoms with van der Waals surface area (Å²) in [6.07, 6.45) is 1.12. The van der Waals surface area contributed by atoms with E-state index in [1.54, 1.807) is 12.1 Å². The van der Waals surface area contributed by atoms with E-state index in [0.29, 0.717) is 22.9 Å². The fourth-order valence-corrected chi connectivity index (χ4v) is 3.13. The molecule has 0 spiro atoms. The molecule has 1 saturated heterocycles. The largest absolute Gasteiger partial charge is 0.335 e. The van der Waals surface area contributed by atoms with Gasteiger partial charge in [-0.05, 0) is 43.4 Å². The van der Waals surface area contributed by atoms with Gasteiger partial charge in [-0.2, -0.15) is 0 Å². The number of carbonyl (C=O) groups is 1. The van der Waals surface area contributed by atoms with Crippen LogP contribution >= 0.6 is 15.9 Å². The first kappa shape index (κ1) is 14.5. The molecule has 2 nitrogen and oxygen atoms in total. The summed E-state index contributed by atoms with van der Waals surface area (Å²) in [6, 6.07) is 4.76. The Bertz CT molecular complexity index is 491. The number of hydrogen-bond acceptors (Lipinski definition) is 1. The molecule has 0 aliphatic carbocycles. The zero-order valence-electron chi connectivity index (χ0n) is 11.5. The summed E-state index contributed by atoms with van der Waals surface area (Å²) in [4.78, 5) is 14.3. The van der Waals surface area contributed by atoms with Gasteiger partial charge >= 0.3 is 0 Å². The monoisotopic (exact) mass is 327 g/mol. The van der Waals surface area contributed by atoms with Gasteiger partial charge in [0.25, 0.3) is 5.91 Å². The molecular weight excluding hydrogens is 309 g/mol. The van der Waals surface area contributed by atoms with E-state index in [1.165, 1.54) is 6.07 Å². The fraction of sp³-hybridized carbons (Fsp3) is 0.533. The number of likely N-dealkylation sites (tertiary alicyclic amines) is 1. The van der Waals surface area contributed by atoms with Gasteiger partial charge in [-0.1, -0.05) is 29.8 Å². The third-order valence-corrected chi connectivity index (χ3v) is 4.51. The standard InChI is InChI=1S/C15H19BrFNO/c1-9-6-10(2)11(3)18(8-9)15(19)13-5-4-12(16)7-14(13)17/h4-5,7,9-11H,6,8H2,1-3H3. The maximum absolute atomic E-state index is 13.9. The Morgan fingerprint density at radius 2 is 2.05 bits per heavy atom. The van der Waals surface area contributed by atoms with Crippen molar-refractivity contribution in [3.8, 4) is 0 Å². The molecule has 19 heavy (non-hydrogen) atoms. The number of halogens is 2. The van der Waals surface area contributed by atoms with Gasteiger partial charge in [0.05, 0.1) is 5.56 Å². The van der Waals surface area contributed by atoms with Crippen LogP contribution in [0, 0.1) is 17.7 Å². The van der Waals surface area contributed by atoms with Crippen molar-refractivity contribution >= 4 is 21.8 Å². The van der Waals surface area contributed by atoms with Crippen LogP contribution in [0.3, 0.4) is 0 Å². The normalized spacial score (nSPS) is 27.4. The first-order chi connectivity index (χ1) is 8.90. The lowest BCUT2D eigenvalue weighted by molar-refractivity contribution is 0.0451. The fourth-order valence-electron chi connectivity index (χ4n) is 2.80. The molecule has 1 aromatic carbocycles. The minimum Gasteiger partial charge on any atom is -0.335 e. The molecule has 0 aromatic heterocycles. The van der Waals surface area contributed by atoms with Crippen molar-refractivity contribution in [2.75, 3.05) is 6.54 Å². The van der Waals surface area contributed by atoms with Crippen molar-refractivity contribution in [1.82, 2.24) is 4.90 Å². The topological polar surface area (TPSA) is 20.3 Å². The van der Waals surface area contributed by atoms with Crippen molar-refractivity contribution in [2.45, 2.75) is 33.2 Å². The predicted octanol–water partition coefficient (Wildman–Crippen LogP) is 4.09. The van der Waals surface area contributed by atoms with E-state index < -0.39 is 5.82 Å². The van der Waals surface area contributed by atoms with Crippen molar-refractivity contribution < 1.29 is 9.18 Å². The lowest BCUT2D eigenvalue weighted by atomic mass is 9.85. The average Bonchev–Trinajstić information content (AvgIpc) is 2.33. The first-order valence-corrected chi connectivity index (χ1v) is 7.45. The Morgan fingerprint density at radius 3 is 2.68 bits per heavy atom. The van der Waals surface area contributed by atoms with Gasteiger partial charge in [-0.25, -0.2) is 4.39 Å². The van der Waals surface area contributed by atoms with E-state index in [4.69, 9.17) is 0 Å². The quantitative estimate of drug-likeness (QED) is 0.760. The second kappa shape index (κ2) is 5.61. The zero-order valence-corrected chi connectivity index (χ0v) is 13.1. The molecule has 4 heteroatoms. The summed E-state index contributed by atoms with van der Waals surface area (Å²) in [5.74, 6) is 0.258. The van der Waals surface area contributed by atoms with Gasteiger partial charge in [0, 0.05) is 17.1 Å². The second-order valence-corrected chi connectivity index (χ2v) is 6.56. The predicted molar refractivity (Wildman–Crippen MR) is 77.5 cm³/mol. The highest BCUT2D eigenvalue weighted by atomic mass is 79.9. The second-order valence-electron chi connectivity index (χ2n) is 5.64. The van der Waals surface area contributed by atoms with Crippen LogP contribution in [0.25, 0.3) is 0 Å². The third-order valence-electron chi connectivity index (χ3n) is 4.02. The summed E-state index contributed by atoms with van der Waals surface area (Å²) in [6.45, 7) is 7.05. The highest BCUT2D eigenvalue weighted by Gasteiger charge is 2.33. The number of carbonyl (C=O) groups excluding carboxylic acids is 1. The van der Waals surface area contributed by atoms with Crippen LogP contribution in [0.15, 0.2) is 22.7 Å². The molecule has 3 unspecified atom stereocenters. The number of hydrogen-bond donors (Lipinski definition) is 0. The molecule has 1 aromatic rings. The highest BCUT2D eigenvalue weighted by Crippen LogP contribution is 2.29. The summed E-state index contributed by atoms with van der Waals surface area (Å²) < 4.78 is 14.5. The van der Waals surface area contributed by atoms with Gasteiger partial charge in [0.15, 0.2) is 0 Å². The van der Waals surface area contributed by atoms with E-state index in [2.05, 4.69) is 29.8 Å². The van der Waals surface area contributed by atoms with Crippen LogP contribution < -0.4 is 0 Å². The average molecular weight is 328 g/mol. The van der Waals surface area contributed by atoms with Crippen LogP contribution in [0.5, 0.6) is 0 Å². The maximum atomic E-state index is 13.9. The van der Waals surface area contributed by atoms with Gasteiger partial charge < -0.3 is 4.90 Å². The Hall–Kier alpha value is -0.900. The molecule has 1 amide bonds. The first-order valence-electron chi connectivity index (χ1n) is 6.66. The zero-order chi connectivity index (χ0) is 14.2. The van der Waals surface area contributed by atoms with Crippen molar-refractivity contribution in [3.05, 3.63) is 34.1 Å². The lowest BCUT2D eigenvalue weighted by Gasteiger charge is -2.41. The van der Waals surface area contributed by atoms with Gasteiger partial charge in [0.1, 0.15) is 5.82 Å². The van der Waals surface area contributed by atoms with Crippen molar-refractivity contribution in [3.63, 3.8) is 0 Å². The maximum Gasteiger partial charge on any atom is 0.257 e. The number of nitrogens with zero attached hydrogens (tertiary/aromatic N) is 1. The molecule has 1 aliphatic heterocycles. The molecule has 0 radical (unpaired) electrons. The number of rotatable bonds is 1. The molecule has 1 aliphatic rings. The Morgan fingerprint density at radius 1 is 1.37 bits per heavy atom. The Labute approximate surface area is 122 Å². The van der Waals surface area contributed by atoms with Crippen molar-refractivity contribution in [2.24, 2.45) is 11.8 Å². The van der Waals surface area contributed by atoms with Crippen LogP contribution in [-0.4, -0.2) is 23.4 Å². The SMILES string of the molecule is CC1CC(C)C(C)N(C(=O)c2ccc(Br)cc2F)C1. The molecule has 1 fully saturated rings. The molecular formula is C15H19BrFNO. The summed E-state index contributed by atoms with van der Waals surface area (Å²) >= 11 is 3.21. The van der Waals surface area contributed by atoms with Gasteiger partial charge in [-0.15, -0.1) is 0 Å². The van der Waals surface area contributed by atoms with E-state index in [-0.39, 0.29) is 17.5 Å². The minimum atomic E-state index is -0.461. The van der Waals surface area contributed by atoms with E-state index in [0.717, 1.165) is 6.42 Å².